The maximum Gasteiger partial charge on any atom is 0.249 e. The van der Waals surface area contributed by atoms with Crippen molar-refractivity contribution in [3.8, 4) is 0 Å². The third kappa shape index (κ3) is 2.43. The fourth-order valence-corrected chi connectivity index (χ4v) is 3.40. The van der Waals surface area contributed by atoms with Crippen molar-refractivity contribution in [1.29, 1.82) is 0 Å². The molecule has 112 valence electrons. The highest BCUT2D eigenvalue weighted by atomic mass is 16.2. The second kappa shape index (κ2) is 5.51. The van der Waals surface area contributed by atoms with Gasteiger partial charge in [-0.2, -0.15) is 0 Å². The van der Waals surface area contributed by atoms with Gasteiger partial charge in [0.1, 0.15) is 6.04 Å². The van der Waals surface area contributed by atoms with Crippen LogP contribution in [0.3, 0.4) is 0 Å². The molecule has 0 radical (unpaired) electrons. The highest BCUT2D eigenvalue weighted by Gasteiger charge is 2.34. The first-order valence-electron chi connectivity index (χ1n) is 7.84. The van der Waals surface area contributed by atoms with Crippen LogP contribution in [0, 0.1) is 0 Å². The molecule has 4 nitrogen and oxygen atoms in total. The number of hydrogen-bond donors (Lipinski definition) is 0. The van der Waals surface area contributed by atoms with Gasteiger partial charge in [-0.25, -0.2) is 0 Å². The molecule has 1 fully saturated rings. The number of aryl methyl sites for hydroxylation is 2. The number of benzene rings is 1. The number of rotatable bonds is 2. The van der Waals surface area contributed by atoms with E-state index < -0.39 is 0 Å². The first-order chi connectivity index (χ1) is 10.1. The van der Waals surface area contributed by atoms with Crippen molar-refractivity contribution < 1.29 is 9.59 Å². The van der Waals surface area contributed by atoms with Crippen molar-refractivity contribution in [3.63, 3.8) is 0 Å². The molecule has 3 rings (SSSR count). The molecule has 1 unspecified atom stereocenters. The van der Waals surface area contributed by atoms with Crippen LogP contribution in [0.4, 0.5) is 5.69 Å². The predicted molar refractivity (Wildman–Crippen MR) is 82.3 cm³/mol. The summed E-state index contributed by atoms with van der Waals surface area (Å²) in [6, 6.07) is 6.00. The molecule has 1 saturated heterocycles. The maximum absolute atomic E-state index is 12.6. The van der Waals surface area contributed by atoms with E-state index in [1.54, 1.807) is 4.90 Å². The Kier molecular flexibility index (Phi) is 3.70. The zero-order valence-corrected chi connectivity index (χ0v) is 12.8. The molecule has 1 aromatic rings. The minimum atomic E-state index is -0.362. The smallest absolute Gasteiger partial charge is 0.249 e. The van der Waals surface area contributed by atoms with Crippen LogP contribution in [0.25, 0.3) is 0 Å². The van der Waals surface area contributed by atoms with Gasteiger partial charge >= 0.3 is 0 Å². The van der Waals surface area contributed by atoms with E-state index in [0.29, 0.717) is 19.5 Å². The lowest BCUT2D eigenvalue weighted by atomic mass is 10.1. The number of hydrogen-bond acceptors (Lipinski definition) is 2. The lowest BCUT2D eigenvalue weighted by Gasteiger charge is -2.39. The average Bonchev–Trinajstić information content (AvgIpc) is 2.96. The third-order valence-electron chi connectivity index (χ3n) is 4.67. The molecular formula is C17H22N2O2. The Bertz CT molecular complexity index is 582. The second-order valence-electron chi connectivity index (χ2n) is 5.91. The Morgan fingerprint density at radius 1 is 1.24 bits per heavy atom. The Hall–Kier alpha value is -1.84. The average molecular weight is 286 g/mol. The van der Waals surface area contributed by atoms with Crippen molar-refractivity contribution >= 4 is 17.5 Å². The summed E-state index contributed by atoms with van der Waals surface area (Å²) >= 11 is 0. The Morgan fingerprint density at radius 2 is 2.00 bits per heavy atom. The van der Waals surface area contributed by atoms with Crippen molar-refractivity contribution in [3.05, 3.63) is 29.3 Å². The topological polar surface area (TPSA) is 40.6 Å². The standard InChI is InChI=1S/C17H22N2O2/c1-3-16(20)18-9-10-19(17(21)12(18)2)15-8-7-13-5-4-6-14(13)11-15/h7-8,11-12H,3-6,9-10H2,1-2H3. The number of anilines is 1. The minimum Gasteiger partial charge on any atom is -0.329 e. The van der Waals surface area contributed by atoms with Gasteiger partial charge in [-0.05, 0) is 49.4 Å². The molecule has 0 bridgehead atoms. The number of fused-ring (bicyclic) bond motifs is 1. The molecule has 1 heterocycles. The second-order valence-corrected chi connectivity index (χ2v) is 5.91. The molecule has 21 heavy (non-hydrogen) atoms. The summed E-state index contributed by atoms with van der Waals surface area (Å²) in [4.78, 5) is 28.0. The Morgan fingerprint density at radius 3 is 2.76 bits per heavy atom. The van der Waals surface area contributed by atoms with Crippen LogP contribution >= 0.6 is 0 Å². The van der Waals surface area contributed by atoms with Crippen molar-refractivity contribution in [2.24, 2.45) is 0 Å². The molecule has 1 aliphatic carbocycles. The van der Waals surface area contributed by atoms with E-state index in [0.717, 1.165) is 18.5 Å². The molecule has 2 amide bonds. The molecule has 0 N–H and O–H groups in total. The number of amides is 2. The van der Waals surface area contributed by atoms with Crippen LogP contribution in [0.15, 0.2) is 18.2 Å². The van der Waals surface area contributed by atoms with E-state index in [9.17, 15) is 9.59 Å². The lowest BCUT2D eigenvalue weighted by molar-refractivity contribution is -0.140. The highest BCUT2D eigenvalue weighted by molar-refractivity contribution is 6.00. The van der Waals surface area contributed by atoms with Crippen LogP contribution in [0.5, 0.6) is 0 Å². The normalized spacial score (nSPS) is 21.6. The van der Waals surface area contributed by atoms with Gasteiger partial charge in [0, 0.05) is 25.2 Å². The molecule has 2 aliphatic rings. The molecule has 1 aliphatic heterocycles. The van der Waals surface area contributed by atoms with E-state index in [2.05, 4.69) is 12.1 Å². The van der Waals surface area contributed by atoms with Crippen LogP contribution in [-0.2, 0) is 22.4 Å². The van der Waals surface area contributed by atoms with Gasteiger partial charge in [0.05, 0.1) is 0 Å². The first kappa shape index (κ1) is 14.1. The molecule has 0 spiro atoms. The van der Waals surface area contributed by atoms with Crippen LogP contribution < -0.4 is 4.90 Å². The van der Waals surface area contributed by atoms with Gasteiger partial charge < -0.3 is 9.80 Å². The summed E-state index contributed by atoms with van der Waals surface area (Å²) in [7, 11) is 0. The SMILES string of the molecule is CCC(=O)N1CCN(c2ccc3c(c2)CCC3)C(=O)C1C. The van der Waals surface area contributed by atoms with E-state index in [-0.39, 0.29) is 17.9 Å². The number of nitrogens with zero attached hydrogens (tertiary/aromatic N) is 2. The zero-order chi connectivity index (χ0) is 15.0. The fourth-order valence-electron chi connectivity index (χ4n) is 3.40. The summed E-state index contributed by atoms with van der Waals surface area (Å²) in [6.45, 7) is 4.88. The minimum absolute atomic E-state index is 0.0287. The summed E-state index contributed by atoms with van der Waals surface area (Å²) < 4.78 is 0. The monoisotopic (exact) mass is 286 g/mol. The van der Waals surface area contributed by atoms with Gasteiger partial charge in [0.2, 0.25) is 11.8 Å². The van der Waals surface area contributed by atoms with Crippen molar-refractivity contribution in [1.82, 2.24) is 4.90 Å². The molecular weight excluding hydrogens is 264 g/mol. The van der Waals surface area contributed by atoms with E-state index in [1.165, 1.54) is 17.5 Å². The number of carbonyl (C=O) groups excluding carboxylic acids is 2. The number of piperazine rings is 1. The quantitative estimate of drug-likeness (QED) is 0.836. The van der Waals surface area contributed by atoms with E-state index in [1.807, 2.05) is 24.8 Å². The summed E-state index contributed by atoms with van der Waals surface area (Å²) in [5, 5.41) is 0. The molecule has 1 atom stereocenters. The van der Waals surface area contributed by atoms with Gasteiger partial charge in [-0.15, -0.1) is 0 Å². The maximum atomic E-state index is 12.6. The van der Waals surface area contributed by atoms with Gasteiger partial charge in [-0.3, -0.25) is 9.59 Å². The largest absolute Gasteiger partial charge is 0.329 e. The summed E-state index contributed by atoms with van der Waals surface area (Å²) in [5.41, 5.74) is 3.77. The van der Waals surface area contributed by atoms with Gasteiger partial charge in [-0.1, -0.05) is 13.0 Å². The molecule has 1 aromatic carbocycles. The summed E-state index contributed by atoms with van der Waals surface area (Å²) in [5.74, 6) is 0.0884. The van der Waals surface area contributed by atoms with Crippen LogP contribution in [0.1, 0.15) is 37.8 Å². The van der Waals surface area contributed by atoms with Crippen molar-refractivity contribution in [2.75, 3.05) is 18.0 Å². The van der Waals surface area contributed by atoms with Crippen molar-refractivity contribution in [2.45, 2.75) is 45.6 Å². The van der Waals surface area contributed by atoms with Crippen LogP contribution in [-0.4, -0.2) is 35.8 Å². The first-order valence-corrected chi connectivity index (χ1v) is 7.84. The third-order valence-corrected chi connectivity index (χ3v) is 4.67. The van der Waals surface area contributed by atoms with E-state index >= 15 is 0 Å². The molecule has 0 saturated carbocycles. The highest BCUT2D eigenvalue weighted by Crippen LogP contribution is 2.28. The zero-order valence-electron chi connectivity index (χ0n) is 12.8. The van der Waals surface area contributed by atoms with E-state index in [4.69, 9.17) is 0 Å². The summed E-state index contributed by atoms with van der Waals surface area (Å²) in [6.07, 6.45) is 3.93. The Labute approximate surface area is 125 Å². The predicted octanol–water partition coefficient (Wildman–Crippen LogP) is 2.15. The molecule has 4 heteroatoms. The lowest BCUT2D eigenvalue weighted by Crippen LogP contribution is -2.57. The van der Waals surface area contributed by atoms with Gasteiger partial charge in [0.15, 0.2) is 0 Å². The fraction of sp³-hybridized carbons (Fsp3) is 0.529. The number of carbonyl (C=O) groups is 2. The van der Waals surface area contributed by atoms with Gasteiger partial charge in [0.25, 0.3) is 0 Å². The molecule has 0 aromatic heterocycles. The Balaban J connectivity index is 1.81. The van der Waals surface area contributed by atoms with Crippen LogP contribution in [0.2, 0.25) is 0 Å².